The van der Waals surface area contributed by atoms with E-state index in [-0.39, 0.29) is 11.3 Å². The highest BCUT2D eigenvalue weighted by Gasteiger charge is 2.14. The van der Waals surface area contributed by atoms with Gasteiger partial charge in [0, 0.05) is 30.1 Å². The molecule has 2 amide bonds. The molecule has 0 aliphatic rings. The molecule has 0 aliphatic heterocycles. The molecule has 0 aliphatic carbocycles. The van der Waals surface area contributed by atoms with Crippen molar-refractivity contribution in [3.05, 3.63) is 88.2 Å². The van der Waals surface area contributed by atoms with Gasteiger partial charge in [0.2, 0.25) is 0 Å². The van der Waals surface area contributed by atoms with Crippen molar-refractivity contribution in [1.82, 2.24) is 20.6 Å². The third-order valence-corrected chi connectivity index (χ3v) is 3.53. The SMILES string of the molecule is O=C(NNC(=O)c1ccccc1-n1cccn1)c1ccc([N+](=O)[O-])cc1. The second kappa shape index (κ2) is 7.26. The first-order valence-corrected chi connectivity index (χ1v) is 7.50. The van der Waals surface area contributed by atoms with Crippen LogP contribution in [0.3, 0.4) is 0 Å². The number of amides is 2. The molecule has 0 spiro atoms. The van der Waals surface area contributed by atoms with E-state index in [1.54, 1.807) is 42.7 Å². The average Bonchev–Trinajstić information content (AvgIpc) is 3.20. The van der Waals surface area contributed by atoms with Crippen LogP contribution in [0.4, 0.5) is 5.69 Å². The zero-order chi connectivity index (χ0) is 18.5. The Hall–Kier alpha value is -4.01. The van der Waals surface area contributed by atoms with Gasteiger partial charge in [0.25, 0.3) is 17.5 Å². The van der Waals surface area contributed by atoms with Crippen LogP contribution in [0.2, 0.25) is 0 Å². The lowest BCUT2D eigenvalue weighted by molar-refractivity contribution is -0.384. The summed E-state index contributed by atoms with van der Waals surface area (Å²) in [5.74, 6) is -1.11. The quantitative estimate of drug-likeness (QED) is 0.549. The second-order valence-corrected chi connectivity index (χ2v) is 5.18. The summed E-state index contributed by atoms with van der Waals surface area (Å²) in [5, 5.41) is 14.7. The van der Waals surface area contributed by atoms with E-state index in [0.29, 0.717) is 11.3 Å². The molecular formula is C17H13N5O4. The van der Waals surface area contributed by atoms with Crippen LogP contribution in [0.5, 0.6) is 0 Å². The predicted octanol–water partition coefficient (Wildman–Crippen LogP) is 1.86. The standard InChI is InChI=1S/C17H13N5O4/c23-16(12-6-8-13(9-7-12)22(25)26)19-20-17(24)14-4-1-2-5-15(14)21-11-3-10-18-21/h1-11H,(H,19,23)(H,20,24). The first-order valence-electron chi connectivity index (χ1n) is 7.50. The van der Waals surface area contributed by atoms with Crippen LogP contribution in [0.25, 0.3) is 5.69 Å². The maximum Gasteiger partial charge on any atom is 0.271 e. The molecule has 3 rings (SSSR count). The van der Waals surface area contributed by atoms with E-state index < -0.39 is 16.7 Å². The topological polar surface area (TPSA) is 119 Å². The highest BCUT2D eigenvalue weighted by atomic mass is 16.6. The zero-order valence-corrected chi connectivity index (χ0v) is 13.3. The lowest BCUT2D eigenvalue weighted by atomic mass is 10.1. The van der Waals surface area contributed by atoms with Crippen molar-refractivity contribution in [2.24, 2.45) is 0 Å². The smallest absolute Gasteiger partial charge is 0.267 e. The molecular weight excluding hydrogens is 338 g/mol. The van der Waals surface area contributed by atoms with E-state index in [9.17, 15) is 19.7 Å². The number of non-ortho nitro benzene ring substituents is 1. The summed E-state index contributed by atoms with van der Waals surface area (Å²) in [4.78, 5) is 34.5. The summed E-state index contributed by atoms with van der Waals surface area (Å²) < 4.78 is 1.53. The predicted molar refractivity (Wildman–Crippen MR) is 91.6 cm³/mol. The van der Waals surface area contributed by atoms with Gasteiger partial charge in [0.15, 0.2) is 0 Å². The van der Waals surface area contributed by atoms with Gasteiger partial charge in [-0.15, -0.1) is 0 Å². The lowest BCUT2D eigenvalue weighted by Crippen LogP contribution is -2.42. The van der Waals surface area contributed by atoms with Gasteiger partial charge in [-0.3, -0.25) is 30.6 Å². The Morgan fingerprint density at radius 3 is 2.31 bits per heavy atom. The van der Waals surface area contributed by atoms with Gasteiger partial charge in [-0.2, -0.15) is 5.10 Å². The van der Waals surface area contributed by atoms with E-state index in [4.69, 9.17) is 0 Å². The van der Waals surface area contributed by atoms with Gasteiger partial charge in [-0.05, 0) is 30.3 Å². The Balaban J connectivity index is 1.69. The summed E-state index contributed by atoms with van der Waals surface area (Å²) in [7, 11) is 0. The number of nitrogens with one attached hydrogen (secondary N) is 2. The average molecular weight is 351 g/mol. The maximum atomic E-state index is 12.4. The fourth-order valence-corrected chi connectivity index (χ4v) is 2.26. The summed E-state index contributed by atoms with van der Waals surface area (Å²) in [6, 6.07) is 13.5. The van der Waals surface area contributed by atoms with Crippen LogP contribution in [0.15, 0.2) is 67.0 Å². The summed E-state index contributed by atoms with van der Waals surface area (Å²) >= 11 is 0. The second-order valence-electron chi connectivity index (χ2n) is 5.18. The Morgan fingerprint density at radius 2 is 1.65 bits per heavy atom. The molecule has 3 aromatic rings. The van der Waals surface area contributed by atoms with E-state index in [2.05, 4.69) is 16.0 Å². The number of rotatable bonds is 4. The van der Waals surface area contributed by atoms with Gasteiger partial charge in [-0.1, -0.05) is 12.1 Å². The minimum Gasteiger partial charge on any atom is -0.267 e. The van der Waals surface area contributed by atoms with Crippen LogP contribution >= 0.6 is 0 Å². The van der Waals surface area contributed by atoms with E-state index >= 15 is 0 Å². The van der Waals surface area contributed by atoms with Gasteiger partial charge in [0.05, 0.1) is 16.2 Å². The number of nitro groups is 1. The van der Waals surface area contributed by atoms with E-state index in [1.807, 2.05) is 0 Å². The summed E-state index contributed by atoms with van der Waals surface area (Å²) in [6.45, 7) is 0. The summed E-state index contributed by atoms with van der Waals surface area (Å²) in [6.07, 6.45) is 3.28. The largest absolute Gasteiger partial charge is 0.271 e. The zero-order valence-electron chi connectivity index (χ0n) is 13.3. The molecule has 9 heteroatoms. The minimum absolute atomic E-state index is 0.126. The number of para-hydroxylation sites is 1. The molecule has 26 heavy (non-hydrogen) atoms. The van der Waals surface area contributed by atoms with Gasteiger partial charge in [-0.25, -0.2) is 4.68 Å². The molecule has 9 nitrogen and oxygen atoms in total. The molecule has 130 valence electrons. The molecule has 2 aromatic carbocycles. The Morgan fingerprint density at radius 1 is 0.962 bits per heavy atom. The highest BCUT2D eigenvalue weighted by Crippen LogP contribution is 2.13. The van der Waals surface area contributed by atoms with Crippen molar-refractivity contribution in [3.8, 4) is 5.69 Å². The highest BCUT2D eigenvalue weighted by molar-refractivity contribution is 6.01. The van der Waals surface area contributed by atoms with E-state index in [0.717, 1.165) is 0 Å². The lowest BCUT2D eigenvalue weighted by Gasteiger charge is -2.11. The molecule has 0 bridgehead atoms. The Bertz CT molecular complexity index is 952. The molecule has 0 atom stereocenters. The van der Waals surface area contributed by atoms with Crippen molar-refractivity contribution in [3.63, 3.8) is 0 Å². The molecule has 0 saturated heterocycles. The molecule has 0 saturated carbocycles. The number of nitrogens with zero attached hydrogens (tertiary/aromatic N) is 3. The van der Waals surface area contributed by atoms with E-state index in [1.165, 1.54) is 28.9 Å². The minimum atomic E-state index is -0.593. The molecule has 2 N–H and O–H groups in total. The van der Waals surface area contributed by atoms with Crippen LogP contribution < -0.4 is 10.9 Å². The fraction of sp³-hybridized carbons (Fsp3) is 0. The molecule has 0 radical (unpaired) electrons. The fourth-order valence-electron chi connectivity index (χ4n) is 2.26. The van der Waals surface area contributed by atoms with Gasteiger partial charge < -0.3 is 0 Å². The van der Waals surface area contributed by atoms with Crippen molar-refractivity contribution in [2.45, 2.75) is 0 Å². The third kappa shape index (κ3) is 3.56. The van der Waals surface area contributed by atoms with Crippen molar-refractivity contribution in [1.29, 1.82) is 0 Å². The Kier molecular flexibility index (Phi) is 4.70. The first kappa shape index (κ1) is 16.8. The third-order valence-electron chi connectivity index (χ3n) is 3.53. The Labute approximate surface area is 147 Å². The number of hydrazine groups is 1. The molecule has 0 fully saturated rings. The number of aromatic nitrogens is 2. The van der Waals surface area contributed by atoms with Crippen LogP contribution in [0, 0.1) is 10.1 Å². The van der Waals surface area contributed by atoms with Crippen LogP contribution in [-0.4, -0.2) is 26.5 Å². The molecule has 1 heterocycles. The number of carbonyl (C=O) groups excluding carboxylic acids is 2. The van der Waals surface area contributed by atoms with Gasteiger partial charge >= 0.3 is 0 Å². The monoisotopic (exact) mass is 351 g/mol. The molecule has 0 unspecified atom stereocenters. The van der Waals surface area contributed by atoms with Crippen LogP contribution in [0.1, 0.15) is 20.7 Å². The van der Waals surface area contributed by atoms with Crippen molar-refractivity contribution >= 4 is 17.5 Å². The number of benzene rings is 2. The first-order chi connectivity index (χ1) is 12.6. The summed E-state index contributed by atoms with van der Waals surface area (Å²) in [5.41, 5.74) is 5.53. The number of nitro benzene ring substituents is 1. The van der Waals surface area contributed by atoms with Crippen LogP contribution in [-0.2, 0) is 0 Å². The van der Waals surface area contributed by atoms with Crippen molar-refractivity contribution < 1.29 is 14.5 Å². The van der Waals surface area contributed by atoms with Gasteiger partial charge in [0.1, 0.15) is 0 Å². The molecule has 1 aromatic heterocycles. The van der Waals surface area contributed by atoms with Crippen molar-refractivity contribution in [2.75, 3.05) is 0 Å². The number of carbonyl (C=O) groups is 2. The number of hydrogen-bond acceptors (Lipinski definition) is 5. The number of hydrogen-bond donors (Lipinski definition) is 2. The maximum absolute atomic E-state index is 12.4. The normalized spacial score (nSPS) is 10.2.